The molecule has 1 fully saturated rings. The lowest BCUT2D eigenvalue weighted by atomic mass is 9.87. The summed E-state index contributed by atoms with van der Waals surface area (Å²) in [6.07, 6.45) is 4.47. The number of hydrogen-bond acceptors (Lipinski definition) is 6. The Kier molecular flexibility index (Phi) is 3.97. The molecule has 0 amide bonds. The molecular formula is C16H16FN7O2S. The van der Waals surface area contributed by atoms with Crippen molar-refractivity contribution in [1.82, 2.24) is 29.0 Å². The van der Waals surface area contributed by atoms with Crippen molar-refractivity contribution < 1.29 is 12.8 Å². The van der Waals surface area contributed by atoms with E-state index in [9.17, 15) is 12.8 Å². The molecule has 4 rings (SSSR count). The van der Waals surface area contributed by atoms with Crippen LogP contribution in [0.25, 0.3) is 22.3 Å². The maximum atomic E-state index is 14.6. The molecule has 0 bridgehead atoms. The number of halogens is 1. The highest BCUT2D eigenvalue weighted by Gasteiger charge is 2.54. The summed E-state index contributed by atoms with van der Waals surface area (Å²) in [5, 5.41) is 16.6. The molecule has 1 N–H and O–H groups in total. The van der Waals surface area contributed by atoms with Crippen LogP contribution in [0.4, 0.5) is 4.39 Å². The van der Waals surface area contributed by atoms with Crippen molar-refractivity contribution in [2.24, 2.45) is 0 Å². The SMILES string of the molecule is CCS(=O)(=O)N1CC(C(F)C#N)(n2ccc(-c3ncnc4[nH]ncc34)c2)C1. The molecule has 1 aliphatic rings. The normalized spacial score (nSPS) is 18.1. The first-order chi connectivity index (χ1) is 12.9. The minimum absolute atomic E-state index is 0.0665. The highest BCUT2D eigenvalue weighted by molar-refractivity contribution is 7.89. The lowest BCUT2D eigenvalue weighted by Gasteiger charge is -2.49. The summed E-state index contributed by atoms with van der Waals surface area (Å²) in [5.41, 5.74) is 0.641. The molecule has 1 unspecified atom stereocenters. The van der Waals surface area contributed by atoms with Gasteiger partial charge < -0.3 is 4.57 Å². The number of nitrogens with one attached hydrogen (secondary N) is 1. The molecule has 0 spiro atoms. The van der Waals surface area contributed by atoms with E-state index in [1.807, 2.05) is 0 Å². The van der Waals surface area contributed by atoms with E-state index in [2.05, 4.69) is 20.2 Å². The van der Waals surface area contributed by atoms with Gasteiger partial charge in [-0.3, -0.25) is 5.10 Å². The number of sulfonamides is 1. The van der Waals surface area contributed by atoms with Gasteiger partial charge >= 0.3 is 0 Å². The minimum atomic E-state index is -3.44. The molecule has 140 valence electrons. The monoisotopic (exact) mass is 389 g/mol. The summed E-state index contributed by atoms with van der Waals surface area (Å²) in [6.45, 7) is 1.36. The summed E-state index contributed by atoms with van der Waals surface area (Å²) in [7, 11) is -3.44. The Balaban J connectivity index is 1.72. The summed E-state index contributed by atoms with van der Waals surface area (Å²) < 4.78 is 41.4. The van der Waals surface area contributed by atoms with Crippen LogP contribution in [0.2, 0.25) is 0 Å². The fourth-order valence-corrected chi connectivity index (χ4v) is 4.53. The Morgan fingerprint density at radius 1 is 1.44 bits per heavy atom. The van der Waals surface area contributed by atoms with Gasteiger partial charge in [-0.1, -0.05) is 0 Å². The van der Waals surface area contributed by atoms with E-state index in [0.717, 1.165) is 0 Å². The quantitative estimate of drug-likeness (QED) is 0.696. The number of alkyl halides is 1. The van der Waals surface area contributed by atoms with Crippen LogP contribution in [0.3, 0.4) is 0 Å². The number of fused-ring (bicyclic) bond motifs is 1. The Labute approximate surface area is 154 Å². The molecule has 0 aromatic carbocycles. The zero-order valence-electron chi connectivity index (χ0n) is 14.4. The van der Waals surface area contributed by atoms with Crippen molar-refractivity contribution in [2.45, 2.75) is 18.6 Å². The molecular weight excluding hydrogens is 373 g/mol. The number of aromatic nitrogens is 5. The van der Waals surface area contributed by atoms with E-state index >= 15 is 0 Å². The topological polar surface area (TPSA) is 121 Å². The van der Waals surface area contributed by atoms with Crippen LogP contribution >= 0.6 is 0 Å². The molecule has 0 saturated carbocycles. The maximum absolute atomic E-state index is 14.6. The molecule has 1 aliphatic heterocycles. The second-order valence-corrected chi connectivity index (χ2v) is 8.68. The van der Waals surface area contributed by atoms with E-state index in [0.29, 0.717) is 22.3 Å². The van der Waals surface area contributed by atoms with E-state index in [1.165, 1.54) is 17.6 Å². The first-order valence-corrected chi connectivity index (χ1v) is 9.86. The first kappa shape index (κ1) is 17.6. The highest BCUT2D eigenvalue weighted by atomic mass is 32.2. The van der Waals surface area contributed by atoms with Gasteiger partial charge in [0.05, 0.1) is 23.0 Å². The molecule has 1 saturated heterocycles. The summed E-state index contributed by atoms with van der Waals surface area (Å²) >= 11 is 0. The molecule has 9 nitrogen and oxygen atoms in total. The lowest BCUT2D eigenvalue weighted by Crippen LogP contribution is -2.68. The standard InChI is InChI=1S/C16H16FN7O2S/c1-2-27(25,26)24-8-16(9-24,13(17)5-18)23-4-3-11(7-23)14-12-6-21-22-15(12)20-10-19-14/h3-4,6-7,10,13H,2,8-9H2,1H3,(H,19,20,21,22). The number of rotatable bonds is 5. The van der Waals surface area contributed by atoms with Crippen LogP contribution in [0.15, 0.2) is 31.0 Å². The summed E-state index contributed by atoms with van der Waals surface area (Å²) in [4.78, 5) is 8.36. The van der Waals surface area contributed by atoms with Gasteiger partial charge in [-0.25, -0.2) is 22.8 Å². The number of nitriles is 1. The number of hydrogen-bond donors (Lipinski definition) is 1. The fourth-order valence-electron chi connectivity index (χ4n) is 3.33. The molecule has 11 heteroatoms. The highest BCUT2D eigenvalue weighted by Crippen LogP contribution is 2.38. The van der Waals surface area contributed by atoms with Crippen molar-refractivity contribution in [3.63, 3.8) is 0 Å². The molecule has 3 aromatic rings. The van der Waals surface area contributed by atoms with Crippen LogP contribution < -0.4 is 0 Å². The molecule has 3 aromatic heterocycles. The lowest BCUT2D eigenvalue weighted by molar-refractivity contribution is 0.0238. The first-order valence-electron chi connectivity index (χ1n) is 8.26. The predicted molar refractivity (Wildman–Crippen MR) is 94.6 cm³/mol. The Bertz CT molecular complexity index is 1140. The van der Waals surface area contributed by atoms with Gasteiger partial charge in [-0.05, 0) is 13.0 Å². The van der Waals surface area contributed by atoms with Crippen molar-refractivity contribution >= 4 is 21.1 Å². The Hall–Kier alpha value is -2.84. The third kappa shape index (κ3) is 2.60. The largest absolute Gasteiger partial charge is 0.341 e. The van der Waals surface area contributed by atoms with Crippen LogP contribution in [-0.4, -0.2) is 62.5 Å². The predicted octanol–water partition coefficient (Wildman–Crippen LogP) is 1.04. The summed E-state index contributed by atoms with van der Waals surface area (Å²) in [5.74, 6) is -0.0665. The van der Waals surface area contributed by atoms with Gasteiger partial charge in [0.15, 0.2) is 5.65 Å². The van der Waals surface area contributed by atoms with Crippen LogP contribution in [0.5, 0.6) is 0 Å². The number of H-pyrrole nitrogens is 1. The van der Waals surface area contributed by atoms with E-state index in [4.69, 9.17) is 5.26 Å². The van der Waals surface area contributed by atoms with Gasteiger partial charge in [0, 0.05) is 31.0 Å². The number of nitrogens with zero attached hydrogens (tertiary/aromatic N) is 6. The Morgan fingerprint density at radius 3 is 2.93 bits per heavy atom. The number of aromatic amines is 1. The third-order valence-corrected chi connectivity index (χ3v) is 6.75. The van der Waals surface area contributed by atoms with Gasteiger partial charge in [-0.15, -0.1) is 0 Å². The van der Waals surface area contributed by atoms with Gasteiger partial charge in [0.25, 0.3) is 0 Å². The van der Waals surface area contributed by atoms with Crippen LogP contribution in [0.1, 0.15) is 6.92 Å². The van der Waals surface area contributed by atoms with Crippen molar-refractivity contribution in [1.29, 1.82) is 5.26 Å². The van der Waals surface area contributed by atoms with E-state index < -0.39 is 21.7 Å². The average molecular weight is 389 g/mol. The van der Waals surface area contributed by atoms with E-state index in [1.54, 1.807) is 35.3 Å². The molecule has 0 aliphatic carbocycles. The van der Waals surface area contributed by atoms with E-state index in [-0.39, 0.29) is 18.8 Å². The average Bonchev–Trinajstić information content (AvgIpc) is 3.29. The van der Waals surface area contributed by atoms with Gasteiger partial charge in [0.2, 0.25) is 16.2 Å². The second-order valence-electron chi connectivity index (χ2n) is 6.43. The molecule has 1 atom stereocenters. The Morgan fingerprint density at radius 2 is 2.22 bits per heavy atom. The van der Waals surface area contributed by atoms with Crippen molar-refractivity contribution in [3.05, 3.63) is 31.0 Å². The zero-order chi connectivity index (χ0) is 19.2. The fraction of sp³-hybridized carbons (Fsp3) is 0.375. The van der Waals surface area contributed by atoms with Crippen molar-refractivity contribution in [2.75, 3.05) is 18.8 Å². The van der Waals surface area contributed by atoms with Crippen molar-refractivity contribution in [3.8, 4) is 17.3 Å². The molecule has 0 radical (unpaired) electrons. The third-order valence-electron chi connectivity index (χ3n) is 4.97. The van der Waals surface area contributed by atoms with Gasteiger partial charge in [0.1, 0.15) is 17.9 Å². The summed E-state index contributed by atoms with van der Waals surface area (Å²) in [6, 6.07) is 3.37. The second kappa shape index (κ2) is 6.11. The molecule has 27 heavy (non-hydrogen) atoms. The van der Waals surface area contributed by atoms with Crippen LogP contribution in [-0.2, 0) is 15.6 Å². The molecule has 4 heterocycles. The minimum Gasteiger partial charge on any atom is -0.341 e. The van der Waals surface area contributed by atoms with Gasteiger partial charge in [-0.2, -0.15) is 14.7 Å². The van der Waals surface area contributed by atoms with Crippen LogP contribution in [0, 0.1) is 11.3 Å². The maximum Gasteiger partial charge on any atom is 0.213 e. The smallest absolute Gasteiger partial charge is 0.213 e. The zero-order valence-corrected chi connectivity index (χ0v) is 15.2.